The summed E-state index contributed by atoms with van der Waals surface area (Å²) < 4.78 is 54.7. The van der Waals surface area contributed by atoms with Gasteiger partial charge in [0.15, 0.2) is 20.8 Å². The number of nitrogens with one attached hydrogen (secondary N) is 2. The number of ether oxygens (including phenoxy) is 3. The summed E-state index contributed by atoms with van der Waals surface area (Å²) in [6, 6.07) is 7.32. The van der Waals surface area contributed by atoms with Gasteiger partial charge in [0, 0.05) is 5.69 Å². The SMILES string of the molecule is COc1cc(/C=C2/SC(=S)N(NC(=S)C(=O)Nc3cccc(C(F)(F)F)c3)C2=O)cc(OC)c1OC. The lowest BCUT2D eigenvalue weighted by Gasteiger charge is -2.17. The summed E-state index contributed by atoms with van der Waals surface area (Å²) in [4.78, 5) is 25.1. The van der Waals surface area contributed by atoms with Gasteiger partial charge in [0.05, 0.1) is 31.8 Å². The number of rotatable bonds is 6. The molecule has 0 spiro atoms. The molecule has 1 aliphatic rings. The molecule has 0 bridgehead atoms. The van der Waals surface area contributed by atoms with E-state index in [9.17, 15) is 22.8 Å². The molecule has 0 unspecified atom stereocenters. The average Bonchev–Trinajstić information content (AvgIpc) is 3.10. The number of thioether (sulfide) groups is 1. The van der Waals surface area contributed by atoms with Crippen LogP contribution in [0, 0.1) is 0 Å². The van der Waals surface area contributed by atoms with Crippen molar-refractivity contribution in [2.45, 2.75) is 6.18 Å². The van der Waals surface area contributed by atoms with Crippen LogP contribution >= 0.6 is 36.2 Å². The highest BCUT2D eigenvalue weighted by atomic mass is 32.2. The second-order valence-electron chi connectivity index (χ2n) is 6.95. The van der Waals surface area contributed by atoms with E-state index in [1.165, 1.54) is 33.5 Å². The molecular weight excluding hydrogens is 539 g/mol. The smallest absolute Gasteiger partial charge is 0.416 e. The van der Waals surface area contributed by atoms with Crippen LogP contribution in [0.2, 0.25) is 0 Å². The second kappa shape index (κ2) is 11.1. The highest BCUT2D eigenvalue weighted by Crippen LogP contribution is 2.40. The molecule has 2 amide bonds. The van der Waals surface area contributed by atoms with Crippen LogP contribution in [0.4, 0.5) is 18.9 Å². The molecule has 1 fully saturated rings. The molecule has 2 aromatic rings. The van der Waals surface area contributed by atoms with Crippen LogP contribution in [0.5, 0.6) is 17.2 Å². The highest BCUT2D eigenvalue weighted by Gasteiger charge is 2.34. The van der Waals surface area contributed by atoms with Crippen LogP contribution in [0.1, 0.15) is 11.1 Å². The Balaban J connectivity index is 1.74. The number of halogens is 3. The monoisotopic (exact) mass is 557 g/mol. The number of hydrazine groups is 1. The van der Waals surface area contributed by atoms with E-state index in [1.807, 2.05) is 0 Å². The van der Waals surface area contributed by atoms with E-state index in [2.05, 4.69) is 10.7 Å². The summed E-state index contributed by atoms with van der Waals surface area (Å²) in [5.41, 5.74) is 1.93. The molecule has 2 N–H and O–H groups in total. The minimum absolute atomic E-state index is 0.0629. The second-order valence-corrected chi connectivity index (χ2v) is 9.03. The number of methoxy groups -OCH3 is 3. The van der Waals surface area contributed by atoms with E-state index in [4.69, 9.17) is 38.6 Å². The Labute approximate surface area is 218 Å². The summed E-state index contributed by atoms with van der Waals surface area (Å²) >= 11 is 11.2. The number of hydrogen-bond acceptors (Lipinski definition) is 8. The third-order valence-electron chi connectivity index (χ3n) is 4.65. The summed E-state index contributed by atoms with van der Waals surface area (Å²) in [7, 11) is 4.37. The van der Waals surface area contributed by atoms with Crippen molar-refractivity contribution in [1.82, 2.24) is 10.4 Å². The van der Waals surface area contributed by atoms with Gasteiger partial charge in [-0.3, -0.25) is 15.0 Å². The largest absolute Gasteiger partial charge is 0.493 e. The summed E-state index contributed by atoms with van der Waals surface area (Å²) in [5, 5.41) is 3.16. The van der Waals surface area contributed by atoms with Crippen molar-refractivity contribution >= 4 is 69.1 Å². The number of carbonyl (C=O) groups excluding carboxylic acids is 2. The van der Waals surface area contributed by atoms with Crippen molar-refractivity contribution in [1.29, 1.82) is 0 Å². The van der Waals surface area contributed by atoms with Crippen molar-refractivity contribution in [2.75, 3.05) is 26.6 Å². The number of benzene rings is 2. The zero-order valence-electron chi connectivity index (χ0n) is 18.9. The molecule has 0 atom stereocenters. The van der Waals surface area contributed by atoms with Crippen LogP contribution in [-0.2, 0) is 15.8 Å². The Kier molecular flexibility index (Phi) is 8.43. The van der Waals surface area contributed by atoms with Gasteiger partial charge < -0.3 is 19.5 Å². The first-order valence-electron chi connectivity index (χ1n) is 9.85. The number of alkyl halides is 3. The van der Waals surface area contributed by atoms with Gasteiger partial charge in [0.25, 0.3) is 11.8 Å². The maximum atomic E-state index is 12.9. The van der Waals surface area contributed by atoms with Crippen LogP contribution in [0.15, 0.2) is 41.3 Å². The molecule has 14 heteroatoms. The molecule has 0 saturated carbocycles. The van der Waals surface area contributed by atoms with Crippen LogP contribution < -0.4 is 25.0 Å². The zero-order chi connectivity index (χ0) is 26.6. The first-order chi connectivity index (χ1) is 17.0. The van der Waals surface area contributed by atoms with Crippen LogP contribution in [0.3, 0.4) is 0 Å². The topological polar surface area (TPSA) is 89.1 Å². The normalized spacial score (nSPS) is 14.6. The quantitative estimate of drug-likeness (QED) is 0.396. The Morgan fingerprint density at radius 1 is 1.08 bits per heavy atom. The highest BCUT2D eigenvalue weighted by molar-refractivity contribution is 8.26. The van der Waals surface area contributed by atoms with Crippen molar-refractivity contribution < 1.29 is 37.0 Å². The lowest BCUT2D eigenvalue weighted by atomic mass is 10.1. The minimum Gasteiger partial charge on any atom is -0.493 e. The lowest BCUT2D eigenvalue weighted by Crippen LogP contribution is -2.48. The lowest BCUT2D eigenvalue weighted by molar-refractivity contribution is -0.137. The number of thiocarbonyl (C=S) groups is 2. The molecule has 36 heavy (non-hydrogen) atoms. The fourth-order valence-corrected chi connectivity index (χ4v) is 4.34. The van der Waals surface area contributed by atoms with Gasteiger partial charge in [0.1, 0.15) is 0 Å². The third kappa shape index (κ3) is 6.06. The van der Waals surface area contributed by atoms with Crippen molar-refractivity contribution in [2.24, 2.45) is 0 Å². The van der Waals surface area contributed by atoms with E-state index in [0.29, 0.717) is 22.8 Å². The number of amides is 2. The molecule has 0 radical (unpaired) electrons. The maximum Gasteiger partial charge on any atom is 0.416 e. The molecule has 1 saturated heterocycles. The third-order valence-corrected chi connectivity index (χ3v) is 6.22. The molecule has 0 aliphatic carbocycles. The van der Waals surface area contributed by atoms with E-state index < -0.39 is 28.5 Å². The van der Waals surface area contributed by atoms with Gasteiger partial charge in [-0.2, -0.15) is 18.2 Å². The zero-order valence-corrected chi connectivity index (χ0v) is 21.3. The molecule has 8 nitrogen and oxygen atoms in total. The van der Waals surface area contributed by atoms with E-state index >= 15 is 0 Å². The van der Waals surface area contributed by atoms with Gasteiger partial charge in [-0.05, 0) is 54.2 Å². The molecule has 1 aliphatic heterocycles. The molecular formula is C22H18F3N3O5S3. The Morgan fingerprint density at radius 2 is 1.72 bits per heavy atom. The van der Waals surface area contributed by atoms with Crippen molar-refractivity contribution in [3.63, 3.8) is 0 Å². The minimum atomic E-state index is -4.58. The van der Waals surface area contributed by atoms with Crippen molar-refractivity contribution in [3.05, 3.63) is 52.4 Å². The van der Waals surface area contributed by atoms with Gasteiger partial charge >= 0.3 is 6.18 Å². The van der Waals surface area contributed by atoms with E-state index in [-0.39, 0.29) is 14.9 Å². The summed E-state index contributed by atoms with van der Waals surface area (Å²) in [6.07, 6.45) is -3.04. The fourth-order valence-electron chi connectivity index (χ4n) is 3.01. The summed E-state index contributed by atoms with van der Waals surface area (Å²) in [5.74, 6) is -0.378. The van der Waals surface area contributed by atoms with E-state index in [0.717, 1.165) is 35.0 Å². The average molecular weight is 558 g/mol. The maximum absolute atomic E-state index is 12.9. The molecule has 0 aromatic heterocycles. The predicted molar refractivity (Wildman–Crippen MR) is 137 cm³/mol. The fraction of sp³-hybridized carbons (Fsp3) is 0.182. The Hall–Kier alpha value is -3.36. The number of nitrogens with zero attached hydrogens (tertiary/aromatic N) is 1. The van der Waals surface area contributed by atoms with Crippen LogP contribution in [0.25, 0.3) is 6.08 Å². The number of hydrogen-bond donors (Lipinski definition) is 2. The predicted octanol–water partition coefficient (Wildman–Crippen LogP) is 4.40. The van der Waals surface area contributed by atoms with Gasteiger partial charge in [-0.25, -0.2) is 0 Å². The molecule has 190 valence electrons. The Morgan fingerprint density at radius 3 is 2.28 bits per heavy atom. The van der Waals surface area contributed by atoms with Crippen LogP contribution in [-0.4, -0.2) is 47.5 Å². The number of anilines is 1. The Bertz CT molecular complexity index is 1240. The van der Waals surface area contributed by atoms with Gasteiger partial charge in [0.2, 0.25) is 5.75 Å². The number of carbonyl (C=O) groups is 2. The first kappa shape index (κ1) is 27.2. The molecule has 2 aromatic carbocycles. The molecule has 3 rings (SSSR count). The standard InChI is InChI=1S/C22H18F3N3O5S3/c1-31-14-7-11(8-15(32-2)17(14)33-3)9-16-20(30)28(21(35)36-16)27-19(34)18(29)26-13-6-4-5-12(10-13)22(23,24)25/h4-10H,1-3H3,(H,26,29)(H,27,34)/b16-9+. The van der Waals surface area contributed by atoms with Gasteiger partial charge in [-0.1, -0.05) is 30.0 Å². The molecule has 1 heterocycles. The first-order valence-corrected chi connectivity index (χ1v) is 11.5. The van der Waals surface area contributed by atoms with Gasteiger partial charge in [-0.15, -0.1) is 0 Å². The van der Waals surface area contributed by atoms with E-state index in [1.54, 1.807) is 12.1 Å². The van der Waals surface area contributed by atoms with Crippen molar-refractivity contribution in [3.8, 4) is 17.2 Å². The summed E-state index contributed by atoms with van der Waals surface area (Å²) in [6.45, 7) is 0.